The van der Waals surface area contributed by atoms with Gasteiger partial charge >= 0.3 is 0 Å². The summed E-state index contributed by atoms with van der Waals surface area (Å²) in [6.45, 7) is 5.75. The highest BCUT2D eigenvalue weighted by molar-refractivity contribution is 7.89. The molecule has 1 fully saturated rings. The fourth-order valence-electron chi connectivity index (χ4n) is 1.46. The van der Waals surface area contributed by atoms with Crippen LogP contribution < -0.4 is 10.0 Å². The van der Waals surface area contributed by atoms with Crippen LogP contribution in [-0.4, -0.2) is 33.3 Å². The summed E-state index contributed by atoms with van der Waals surface area (Å²) in [6.07, 6.45) is 1.64. The lowest BCUT2D eigenvalue weighted by molar-refractivity contribution is 0.545. The van der Waals surface area contributed by atoms with Crippen LogP contribution in [0.5, 0.6) is 0 Å². The third kappa shape index (κ3) is 6.35. The number of hydrogen-bond acceptors (Lipinski definition) is 3. The lowest BCUT2D eigenvalue weighted by atomic mass is 10.2. The molecule has 4 nitrogen and oxygen atoms in total. The second-order valence-corrected chi connectivity index (χ2v) is 6.18. The van der Waals surface area contributed by atoms with Gasteiger partial charge in [0.05, 0.1) is 5.75 Å². The molecule has 1 aliphatic rings. The first-order valence-corrected chi connectivity index (χ1v) is 6.85. The summed E-state index contributed by atoms with van der Waals surface area (Å²) in [5, 5.41) is 3.13. The minimum Gasteiger partial charge on any atom is -0.315 e. The van der Waals surface area contributed by atoms with Gasteiger partial charge in [-0.1, -0.05) is 13.8 Å². The summed E-state index contributed by atoms with van der Waals surface area (Å²) in [4.78, 5) is 0. The van der Waals surface area contributed by atoms with Crippen molar-refractivity contribution in [2.45, 2.75) is 32.7 Å². The molecule has 1 atom stereocenters. The average molecular weight is 257 g/mol. The molecule has 15 heavy (non-hydrogen) atoms. The van der Waals surface area contributed by atoms with Gasteiger partial charge < -0.3 is 5.32 Å². The summed E-state index contributed by atoms with van der Waals surface area (Å²) in [6, 6.07) is 0.104. The molecule has 0 aromatic heterocycles. The van der Waals surface area contributed by atoms with Crippen LogP contribution in [0.25, 0.3) is 0 Å². The van der Waals surface area contributed by atoms with Gasteiger partial charge in [0, 0.05) is 12.6 Å². The van der Waals surface area contributed by atoms with Gasteiger partial charge in [-0.2, -0.15) is 0 Å². The van der Waals surface area contributed by atoms with E-state index in [0.717, 1.165) is 25.9 Å². The highest BCUT2D eigenvalue weighted by Gasteiger charge is 2.20. The van der Waals surface area contributed by atoms with E-state index in [4.69, 9.17) is 0 Å². The Kier molecular flexibility index (Phi) is 6.75. The SMILES string of the molecule is CC(C)CCS(=O)(=O)NC1CCNC1.Cl. The Morgan fingerprint density at radius 2 is 2.13 bits per heavy atom. The van der Waals surface area contributed by atoms with Crippen molar-refractivity contribution in [2.24, 2.45) is 5.92 Å². The van der Waals surface area contributed by atoms with Crippen molar-refractivity contribution in [1.82, 2.24) is 10.0 Å². The Morgan fingerprint density at radius 1 is 1.47 bits per heavy atom. The Balaban J connectivity index is 0.00000196. The number of sulfonamides is 1. The van der Waals surface area contributed by atoms with Crippen molar-refractivity contribution in [3.63, 3.8) is 0 Å². The van der Waals surface area contributed by atoms with E-state index in [-0.39, 0.29) is 24.2 Å². The number of hydrogen-bond donors (Lipinski definition) is 2. The maximum absolute atomic E-state index is 11.6. The molecule has 0 radical (unpaired) electrons. The molecule has 0 spiro atoms. The van der Waals surface area contributed by atoms with Crippen LogP contribution in [0.4, 0.5) is 0 Å². The fourth-order valence-corrected chi connectivity index (χ4v) is 3.07. The zero-order valence-electron chi connectivity index (χ0n) is 9.32. The first-order valence-electron chi connectivity index (χ1n) is 5.20. The number of rotatable bonds is 5. The van der Waals surface area contributed by atoms with E-state index in [1.807, 2.05) is 13.8 Å². The molecule has 0 saturated carbocycles. The summed E-state index contributed by atoms with van der Waals surface area (Å²) >= 11 is 0. The molecule has 0 bridgehead atoms. The molecule has 1 aliphatic heterocycles. The van der Waals surface area contributed by atoms with Crippen LogP contribution in [0, 0.1) is 5.92 Å². The maximum atomic E-state index is 11.6. The second-order valence-electron chi connectivity index (χ2n) is 4.31. The van der Waals surface area contributed by atoms with Crippen molar-refractivity contribution >= 4 is 22.4 Å². The van der Waals surface area contributed by atoms with Gasteiger partial charge in [-0.05, 0) is 25.3 Å². The minimum atomic E-state index is -3.05. The van der Waals surface area contributed by atoms with E-state index in [9.17, 15) is 8.42 Å². The molecule has 6 heteroatoms. The van der Waals surface area contributed by atoms with Crippen LogP contribution in [0.15, 0.2) is 0 Å². The second kappa shape index (κ2) is 6.68. The van der Waals surface area contributed by atoms with Gasteiger partial charge in [-0.15, -0.1) is 12.4 Å². The van der Waals surface area contributed by atoms with Gasteiger partial charge in [0.25, 0.3) is 0 Å². The fraction of sp³-hybridized carbons (Fsp3) is 1.00. The smallest absolute Gasteiger partial charge is 0.211 e. The van der Waals surface area contributed by atoms with Crippen molar-refractivity contribution in [2.75, 3.05) is 18.8 Å². The predicted molar refractivity (Wildman–Crippen MR) is 64.9 cm³/mol. The molecule has 0 aromatic carbocycles. The molecule has 1 heterocycles. The van der Waals surface area contributed by atoms with E-state index < -0.39 is 10.0 Å². The standard InChI is InChI=1S/C9H20N2O2S.ClH/c1-8(2)4-6-14(12,13)11-9-3-5-10-7-9;/h8-11H,3-7H2,1-2H3;1H. The third-order valence-corrected chi connectivity index (χ3v) is 3.84. The van der Waals surface area contributed by atoms with E-state index in [0.29, 0.717) is 5.92 Å². The predicted octanol–water partition coefficient (Wildman–Crippen LogP) is 0.736. The first-order chi connectivity index (χ1) is 6.49. The van der Waals surface area contributed by atoms with Gasteiger partial charge in [-0.3, -0.25) is 0 Å². The van der Waals surface area contributed by atoms with Crippen molar-refractivity contribution < 1.29 is 8.42 Å². The van der Waals surface area contributed by atoms with Crippen LogP contribution in [0.1, 0.15) is 26.7 Å². The van der Waals surface area contributed by atoms with E-state index in [1.54, 1.807) is 0 Å². The van der Waals surface area contributed by atoms with Crippen LogP contribution in [0.3, 0.4) is 0 Å². The van der Waals surface area contributed by atoms with E-state index in [2.05, 4.69) is 10.0 Å². The maximum Gasteiger partial charge on any atom is 0.211 e. The highest BCUT2D eigenvalue weighted by Crippen LogP contribution is 2.04. The lowest BCUT2D eigenvalue weighted by Gasteiger charge is -2.12. The molecule has 0 amide bonds. The third-order valence-electron chi connectivity index (χ3n) is 2.37. The summed E-state index contributed by atoms with van der Waals surface area (Å²) in [5.74, 6) is 0.689. The molecular formula is C9H21ClN2O2S. The van der Waals surface area contributed by atoms with E-state index >= 15 is 0 Å². The largest absolute Gasteiger partial charge is 0.315 e. The van der Waals surface area contributed by atoms with Crippen molar-refractivity contribution in [3.05, 3.63) is 0 Å². The molecule has 1 saturated heterocycles. The van der Waals surface area contributed by atoms with Gasteiger partial charge in [0.15, 0.2) is 0 Å². The molecule has 92 valence electrons. The summed E-state index contributed by atoms with van der Waals surface area (Å²) in [7, 11) is -3.05. The topological polar surface area (TPSA) is 58.2 Å². The van der Waals surface area contributed by atoms with Crippen molar-refractivity contribution in [3.8, 4) is 0 Å². The number of halogens is 1. The molecule has 1 rings (SSSR count). The molecule has 1 unspecified atom stereocenters. The highest BCUT2D eigenvalue weighted by atomic mass is 35.5. The first kappa shape index (κ1) is 15.2. The Morgan fingerprint density at radius 3 is 2.60 bits per heavy atom. The molecule has 2 N–H and O–H groups in total. The average Bonchev–Trinajstić information content (AvgIpc) is 2.53. The van der Waals surface area contributed by atoms with Gasteiger partial charge in [0.1, 0.15) is 0 Å². The van der Waals surface area contributed by atoms with Crippen molar-refractivity contribution in [1.29, 1.82) is 0 Å². The van der Waals surface area contributed by atoms with Crippen LogP contribution >= 0.6 is 12.4 Å². The molecule has 0 aliphatic carbocycles. The monoisotopic (exact) mass is 256 g/mol. The quantitative estimate of drug-likeness (QED) is 0.763. The number of nitrogens with one attached hydrogen (secondary N) is 2. The lowest BCUT2D eigenvalue weighted by Crippen LogP contribution is -2.37. The normalized spacial score (nSPS) is 21.7. The van der Waals surface area contributed by atoms with Crippen LogP contribution in [-0.2, 0) is 10.0 Å². The Hall–Kier alpha value is 0.160. The molecule has 0 aromatic rings. The van der Waals surface area contributed by atoms with Crippen LogP contribution in [0.2, 0.25) is 0 Å². The Bertz CT molecular complexity index is 261. The summed E-state index contributed by atoms with van der Waals surface area (Å²) < 4.78 is 25.8. The Labute approximate surface area is 98.7 Å². The molecular weight excluding hydrogens is 236 g/mol. The van der Waals surface area contributed by atoms with E-state index in [1.165, 1.54) is 0 Å². The zero-order valence-corrected chi connectivity index (χ0v) is 11.0. The zero-order chi connectivity index (χ0) is 10.6. The minimum absolute atomic E-state index is 0. The van der Waals surface area contributed by atoms with Gasteiger partial charge in [0.2, 0.25) is 10.0 Å². The summed E-state index contributed by atoms with van der Waals surface area (Å²) in [5.41, 5.74) is 0. The van der Waals surface area contributed by atoms with Gasteiger partial charge in [-0.25, -0.2) is 13.1 Å².